The van der Waals surface area contributed by atoms with E-state index >= 15 is 0 Å². The smallest absolute Gasteiger partial charge is 0.204 e. The molecule has 0 bridgehead atoms. The van der Waals surface area contributed by atoms with Gasteiger partial charge in [-0.2, -0.15) is 21.6 Å². The SMILES string of the molecule is [2H]C([2H])([2H])S1(OS(=O)(=O)C(F)(F)F)c2ccccc2Sc2ccccc21. The van der Waals surface area contributed by atoms with Gasteiger partial charge in [-0.05, 0) is 30.4 Å². The molecule has 0 amide bonds. The fourth-order valence-corrected chi connectivity index (χ4v) is 7.30. The summed E-state index contributed by atoms with van der Waals surface area (Å²) >= 11 is 1.15. The van der Waals surface area contributed by atoms with E-state index in [1.165, 1.54) is 36.4 Å². The van der Waals surface area contributed by atoms with E-state index in [-0.39, 0.29) is 9.79 Å². The highest BCUT2D eigenvalue weighted by Gasteiger charge is 2.52. The van der Waals surface area contributed by atoms with E-state index in [9.17, 15) is 21.6 Å². The van der Waals surface area contributed by atoms with Gasteiger partial charge in [0, 0.05) is 23.7 Å². The third-order valence-electron chi connectivity index (χ3n) is 3.01. The van der Waals surface area contributed by atoms with Gasteiger partial charge in [-0.1, -0.05) is 46.3 Å². The van der Waals surface area contributed by atoms with E-state index < -0.39 is 32.1 Å². The van der Waals surface area contributed by atoms with E-state index in [0.29, 0.717) is 9.79 Å². The molecular weight excluding hydrogens is 369 g/mol. The lowest BCUT2D eigenvalue weighted by Gasteiger charge is -2.40. The van der Waals surface area contributed by atoms with Crippen LogP contribution in [0.4, 0.5) is 13.2 Å². The number of hydrogen-bond donors (Lipinski definition) is 0. The van der Waals surface area contributed by atoms with Gasteiger partial charge in [-0.25, -0.2) is 3.63 Å². The van der Waals surface area contributed by atoms with Crippen molar-refractivity contribution in [1.29, 1.82) is 0 Å². The molecule has 0 spiro atoms. The summed E-state index contributed by atoms with van der Waals surface area (Å²) in [5.41, 5.74) is -5.74. The number of benzene rings is 2. The zero-order valence-corrected chi connectivity index (χ0v) is 13.7. The minimum absolute atomic E-state index is 0.0727. The molecule has 124 valence electrons. The topological polar surface area (TPSA) is 43.4 Å². The quantitative estimate of drug-likeness (QED) is 0.700. The molecule has 1 heterocycles. The van der Waals surface area contributed by atoms with Crippen LogP contribution in [-0.4, -0.2) is 20.1 Å². The summed E-state index contributed by atoms with van der Waals surface area (Å²) in [4.78, 5) is 0.539. The van der Waals surface area contributed by atoms with Gasteiger partial charge in [-0.15, -0.1) is 0 Å². The molecule has 0 N–H and O–H groups in total. The van der Waals surface area contributed by atoms with Gasteiger partial charge < -0.3 is 0 Å². The van der Waals surface area contributed by atoms with Crippen LogP contribution in [-0.2, 0) is 13.7 Å². The molecule has 3 nitrogen and oxygen atoms in total. The molecule has 0 fully saturated rings. The Morgan fingerprint density at radius 3 is 1.96 bits per heavy atom. The lowest BCUT2D eigenvalue weighted by Crippen LogP contribution is -2.27. The molecule has 1 aliphatic heterocycles. The molecule has 0 saturated carbocycles. The zero-order chi connectivity index (χ0) is 19.4. The highest BCUT2D eigenvalue weighted by Crippen LogP contribution is 2.69. The molecule has 0 aromatic heterocycles. The van der Waals surface area contributed by atoms with E-state index in [2.05, 4.69) is 3.63 Å². The second-order valence-corrected chi connectivity index (χ2v) is 9.51. The summed E-state index contributed by atoms with van der Waals surface area (Å²) in [6.45, 7) is 0. The maximum atomic E-state index is 13.0. The maximum Gasteiger partial charge on any atom is 0.523 e. The lowest BCUT2D eigenvalue weighted by atomic mass is 10.3. The largest absolute Gasteiger partial charge is 0.523 e. The third kappa shape index (κ3) is 2.75. The average Bonchev–Trinajstić information content (AvgIpc) is 2.52. The Morgan fingerprint density at radius 2 is 1.52 bits per heavy atom. The van der Waals surface area contributed by atoms with Gasteiger partial charge in [-0.3, -0.25) is 0 Å². The van der Waals surface area contributed by atoms with Crippen LogP contribution in [0.15, 0.2) is 68.1 Å². The molecule has 0 unspecified atom stereocenters. The van der Waals surface area contributed by atoms with E-state index in [0.717, 1.165) is 11.8 Å². The minimum Gasteiger partial charge on any atom is -0.204 e. The van der Waals surface area contributed by atoms with E-state index in [4.69, 9.17) is 4.11 Å². The van der Waals surface area contributed by atoms with Crippen LogP contribution in [0, 0.1) is 0 Å². The Hall–Kier alpha value is -1.16. The maximum absolute atomic E-state index is 13.0. The number of rotatable bonds is 2. The van der Waals surface area contributed by atoms with Crippen LogP contribution >= 0.6 is 22.1 Å². The van der Waals surface area contributed by atoms with Gasteiger partial charge in [0.1, 0.15) is 0 Å². The van der Waals surface area contributed by atoms with Gasteiger partial charge in [0.05, 0.1) is 0 Å². The summed E-state index contributed by atoms with van der Waals surface area (Å²) in [5, 5.41) is 0. The number of halogens is 3. The average molecular weight is 383 g/mol. The molecule has 23 heavy (non-hydrogen) atoms. The zero-order valence-electron chi connectivity index (χ0n) is 14.2. The summed E-state index contributed by atoms with van der Waals surface area (Å²) in [7, 11) is -10.2. The molecule has 9 heteroatoms. The summed E-state index contributed by atoms with van der Waals surface area (Å²) in [5.74, 6) is 0. The van der Waals surface area contributed by atoms with Crippen molar-refractivity contribution in [2.24, 2.45) is 0 Å². The second kappa shape index (κ2) is 5.44. The van der Waals surface area contributed by atoms with Crippen LogP contribution in [0.1, 0.15) is 4.11 Å². The van der Waals surface area contributed by atoms with Gasteiger partial charge in [0.25, 0.3) is 0 Å². The van der Waals surface area contributed by atoms with Crippen molar-refractivity contribution in [3.63, 3.8) is 0 Å². The predicted molar refractivity (Wildman–Crippen MR) is 83.1 cm³/mol. The fraction of sp³-hybridized carbons (Fsp3) is 0.143. The van der Waals surface area contributed by atoms with E-state index in [1.807, 2.05) is 0 Å². The molecule has 0 radical (unpaired) electrons. The highest BCUT2D eigenvalue weighted by atomic mass is 32.3. The third-order valence-corrected chi connectivity index (χ3v) is 8.47. The molecule has 0 saturated heterocycles. The molecule has 0 aliphatic carbocycles. The highest BCUT2D eigenvalue weighted by molar-refractivity contribution is 8.33. The molecule has 1 aliphatic rings. The van der Waals surface area contributed by atoms with Gasteiger partial charge in [0.15, 0.2) is 0 Å². The summed E-state index contributed by atoms with van der Waals surface area (Å²) in [6.07, 6.45) is -3.15. The van der Waals surface area contributed by atoms with Crippen molar-refractivity contribution >= 4 is 32.2 Å². The number of alkyl halides is 3. The van der Waals surface area contributed by atoms with Gasteiger partial charge >= 0.3 is 15.6 Å². The van der Waals surface area contributed by atoms with Crippen molar-refractivity contribution in [2.45, 2.75) is 25.1 Å². The first-order chi connectivity index (χ1) is 11.9. The van der Waals surface area contributed by atoms with Gasteiger partial charge in [0.2, 0.25) is 0 Å². The normalized spacial score (nSPS) is 20.4. The minimum atomic E-state index is -6.16. The Bertz CT molecular complexity index is 913. The summed E-state index contributed by atoms with van der Waals surface area (Å²) in [6, 6.07) is 11.7. The summed E-state index contributed by atoms with van der Waals surface area (Å²) < 4.78 is 91.0. The Kier molecular flexibility index (Phi) is 3.11. The molecular formula is C14H11F3O3S3. The first-order valence-corrected chi connectivity index (χ1v) is 9.90. The van der Waals surface area contributed by atoms with Crippen molar-refractivity contribution in [1.82, 2.24) is 0 Å². The van der Waals surface area contributed by atoms with Crippen molar-refractivity contribution in [3.8, 4) is 0 Å². The second-order valence-electron chi connectivity index (χ2n) is 4.52. The molecule has 2 aromatic rings. The first-order valence-electron chi connectivity index (χ1n) is 7.61. The van der Waals surface area contributed by atoms with Crippen molar-refractivity contribution in [3.05, 3.63) is 48.5 Å². The van der Waals surface area contributed by atoms with Crippen LogP contribution in [0.25, 0.3) is 0 Å². The van der Waals surface area contributed by atoms with Crippen LogP contribution in [0.2, 0.25) is 0 Å². The predicted octanol–water partition coefficient (Wildman–Crippen LogP) is 4.78. The lowest BCUT2D eigenvalue weighted by molar-refractivity contribution is -0.0496. The molecule has 3 rings (SSSR count). The standard InChI is InChI=1S/C14H11F3O3S3/c1-22(20-23(18,19)14(15,16)17)12-8-4-2-6-10(12)21-11-7-3-5-9-13(11)22/h2-9H,1H3/i1D3. The number of hydrogen-bond acceptors (Lipinski definition) is 4. The fourth-order valence-electron chi connectivity index (χ4n) is 2.03. The van der Waals surface area contributed by atoms with Crippen LogP contribution in [0.5, 0.6) is 0 Å². The molecule has 0 atom stereocenters. The van der Waals surface area contributed by atoms with Crippen LogP contribution < -0.4 is 0 Å². The first kappa shape index (κ1) is 13.2. The van der Waals surface area contributed by atoms with Crippen LogP contribution in [0.3, 0.4) is 0 Å². The Labute approximate surface area is 141 Å². The van der Waals surface area contributed by atoms with E-state index in [1.54, 1.807) is 12.1 Å². The Morgan fingerprint density at radius 1 is 1.04 bits per heavy atom. The van der Waals surface area contributed by atoms with Crippen molar-refractivity contribution in [2.75, 3.05) is 6.18 Å². The molecule has 2 aromatic carbocycles. The monoisotopic (exact) mass is 383 g/mol. The number of fused-ring (bicyclic) bond motifs is 2. The van der Waals surface area contributed by atoms with Crippen molar-refractivity contribution < 1.29 is 29.3 Å². The Balaban J connectivity index is 2.39.